The van der Waals surface area contributed by atoms with Crippen LogP contribution in [0, 0.1) is 11.7 Å². The zero-order valence-corrected chi connectivity index (χ0v) is 15.9. The lowest BCUT2D eigenvalue weighted by Gasteiger charge is -2.39. The van der Waals surface area contributed by atoms with Gasteiger partial charge in [-0.05, 0) is 69.4 Å². The SMILES string of the molecule is CCCN(C(=O)C1CCCN(Cc2cccc(F)c2)C1)C1CCNCC1. The maximum atomic E-state index is 13.4. The summed E-state index contributed by atoms with van der Waals surface area (Å²) in [5.74, 6) is 0.230. The number of rotatable bonds is 6. The predicted octanol–water partition coefficient (Wildman–Crippen LogP) is 3.03. The van der Waals surface area contributed by atoms with Gasteiger partial charge < -0.3 is 10.2 Å². The molecule has 2 saturated heterocycles. The molecule has 0 aromatic heterocycles. The van der Waals surface area contributed by atoms with Crippen LogP contribution in [0.5, 0.6) is 0 Å². The topological polar surface area (TPSA) is 35.6 Å². The monoisotopic (exact) mass is 361 g/mol. The van der Waals surface area contributed by atoms with Crippen LogP contribution in [-0.2, 0) is 11.3 Å². The molecule has 1 N–H and O–H groups in total. The van der Waals surface area contributed by atoms with E-state index in [0.717, 1.165) is 76.9 Å². The molecular formula is C21H32FN3O. The summed E-state index contributed by atoms with van der Waals surface area (Å²) >= 11 is 0. The summed E-state index contributed by atoms with van der Waals surface area (Å²) in [5.41, 5.74) is 0.988. The zero-order chi connectivity index (χ0) is 18.4. The van der Waals surface area contributed by atoms with Gasteiger partial charge in [-0.15, -0.1) is 0 Å². The standard InChI is InChI=1S/C21H32FN3O/c1-2-12-25(20-8-10-23-11-9-20)21(26)18-6-4-13-24(16-18)15-17-5-3-7-19(22)14-17/h3,5,7,14,18,20,23H,2,4,6,8-13,15-16H2,1H3. The highest BCUT2D eigenvalue weighted by Gasteiger charge is 2.32. The molecule has 1 aromatic carbocycles. The van der Waals surface area contributed by atoms with Crippen molar-refractivity contribution in [1.29, 1.82) is 0 Å². The van der Waals surface area contributed by atoms with E-state index in [1.165, 1.54) is 6.07 Å². The smallest absolute Gasteiger partial charge is 0.227 e. The molecule has 0 radical (unpaired) electrons. The van der Waals surface area contributed by atoms with Crippen molar-refractivity contribution in [1.82, 2.24) is 15.1 Å². The fourth-order valence-electron chi connectivity index (χ4n) is 4.36. The maximum absolute atomic E-state index is 13.4. The Kier molecular flexibility index (Phi) is 7.03. The molecule has 26 heavy (non-hydrogen) atoms. The largest absolute Gasteiger partial charge is 0.339 e. The summed E-state index contributed by atoms with van der Waals surface area (Å²) in [6.07, 6.45) is 5.15. The molecule has 0 spiro atoms. The van der Waals surface area contributed by atoms with Gasteiger partial charge in [-0.25, -0.2) is 4.39 Å². The molecule has 2 aliphatic rings. The minimum Gasteiger partial charge on any atom is -0.339 e. The van der Waals surface area contributed by atoms with Crippen LogP contribution in [0.25, 0.3) is 0 Å². The Hall–Kier alpha value is -1.46. The molecule has 1 unspecified atom stereocenters. The van der Waals surface area contributed by atoms with Gasteiger partial charge in [-0.2, -0.15) is 0 Å². The van der Waals surface area contributed by atoms with Crippen molar-refractivity contribution >= 4 is 5.91 Å². The Morgan fingerprint density at radius 2 is 2.12 bits per heavy atom. The first-order chi connectivity index (χ1) is 12.7. The summed E-state index contributed by atoms with van der Waals surface area (Å²) in [6.45, 7) is 7.54. The van der Waals surface area contributed by atoms with E-state index in [2.05, 4.69) is 22.0 Å². The summed E-state index contributed by atoms with van der Waals surface area (Å²) in [5, 5.41) is 3.39. The van der Waals surface area contributed by atoms with E-state index in [-0.39, 0.29) is 11.7 Å². The molecule has 2 fully saturated rings. The number of nitrogens with zero attached hydrogens (tertiary/aromatic N) is 2. The summed E-state index contributed by atoms with van der Waals surface area (Å²) in [6, 6.07) is 7.20. The van der Waals surface area contributed by atoms with E-state index >= 15 is 0 Å². The highest BCUT2D eigenvalue weighted by atomic mass is 19.1. The molecule has 2 aliphatic heterocycles. The average molecular weight is 362 g/mol. The normalized spacial score (nSPS) is 22.3. The Morgan fingerprint density at radius 3 is 2.85 bits per heavy atom. The second-order valence-corrected chi connectivity index (χ2v) is 7.72. The Morgan fingerprint density at radius 1 is 1.31 bits per heavy atom. The van der Waals surface area contributed by atoms with Crippen LogP contribution in [0.4, 0.5) is 4.39 Å². The van der Waals surface area contributed by atoms with Crippen LogP contribution in [0.1, 0.15) is 44.6 Å². The lowest BCUT2D eigenvalue weighted by atomic mass is 9.94. The first-order valence-corrected chi connectivity index (χ1v) is 10.2. The number of benzene rings is 1. The van der Waals surface area contributed by atoms with Gasteiger partial charge in [0.2, 0.25) is 5.91 Å². The van der Waals surface area contributed by atoms with E-state index in [1.54, 1.807) is 12.1 Å². The van der Waals surface area contributed by atoms with Gasteiger partial charge in [-0.1, -0.05) is 19.1 Å². The Labute approximate surface area is 156 Å². The number of carbonyl (C=O) groups is 1. The van der Waals surface area contributed by atoms with E-state index in [0.29, 0.717) is 11.9 Å². The van der Waals surface area contributed by atoms with E-state index in [9.17, 15) is 9.18 Å². The van der Waals surface area contributed by atoms with E-state index in [1.807, 2.05) is 6.07 Å². The summed E-state index contributed by atoms with van der Waals surface area (Å²) in [7, 11) is 0. The van der Waals surface area contributed by atoms with Gasteiger partial charge >= 0.3 is 0 Å². The van der Waals surface area contributed by atoms with Crippen LogP contribution in [-0.4, -0.2) is 54.5 Å². The van der Waals surface area contributed by atoms with Crippen molar-refractivity contribution < 1.29 is 9.18 Å². The van der Waals surface area contributed by atoms with Gasteiger partial charge in [0.1, 0.15) is 5.82 Å². The molecule has 1 aromatic rings. The second-order valence-electron chi connectivity index (χ2n) is 7.72. The van der Waals surface area contributed by atoms with Crippen LogP contribution in [0.15, 0.2) is 24.3 Å². The maximum Gasteiger partial charge on any atom is 0.227 e. The third-order valence-electron chi connectivity index (χ3n) is 5.65. The molecular weight excluding hydrogens is 329 g/mol. The minimum atomic E-state index is -0.188. The first-order valence-electron chi connectivity index (χ1n) is 10.2. The van der Waals surface area contributed by atoms with Gasteiger partial charge in [0.05, 0.1) is 5.92 Å². The van der Waals surface area contributed by atoms with Gasteiger partial charge in [-0.3, -0.25) is 9.69 Å². The lowest BCUT2D eigenvalue weighted by molar-refractivity contribution is -0.140. The lowest BCUT2D eigenvalue weighted by Crippen LogP contribution is -2.51. The molecule has 0 saturated carbocycles. The van der Waals surface area contributed by atoms with Crippen molar-refractivity contribution in [2.24, 2.45) is 5.92 Å². The molecule has 2 heterocycles. The number of hydrogen-bond acceptors (Lipinski definition) is 3. The first kappa shape index (κ1) is 19.3. The number of amides is 1. The van der Waals surface area contributed by atoms with Crippen molar-refractivity contribution in [2.75, 3.05) is 32.7 Å². The number of likely N-dealkylation sites (tertiary alicyclic amines) is 1. The molecule has 1 amide bonds. The quantitative estimate of drug-likeness (QED) is 0.846. The Bertz CT molecular complexity index is 588. The van der Waals surface area contributed by atoms with Crippen molar-refractivity contribution in [3.63, 3.8) is 0 Å². The molecule has 1 atom stereocenters. The van der Waals surface area contributed by atoms with Crippen LogP contribution >= 0.6 is 0 Å². The van der Waals surface area contributed by atoms with E-state index in [4.69, 9.17) is 0 Å². The van der Waals surface area contributed by atoms with Crippen molar-refractivity contribution in [3.8, 4) is 0 Å². The minimum absolute atomic E-state index is 0.0822. The van der Waals surface area contributed by atoms with Crippen molar-refractivity contribution in [3.05, 3.63) is 35.6 Å². The van der Waals surface area contributed by atoms with Gasteiger partial charge in [0.25, 0.3) is 0 Å². The number of piperidine rings is 2. The highest BCUT2D eigenvalue weighted by Crippen LogP contribution is 2.24. The number of hydrogen-bond donors (Lipinski definition) is 1. The summed E-state index contributed by atoms with van der Waals surface area (Å²) < 4.78 is 13.4. The fourth-order valence-corrected chi connectivity index (χ4v) is 4.36. The number of carbonyl (C=O) groups excluding carboxylic acids is 1. The molecule has 4 nitrogen and oxygen atoms in total. The van der Waals surface area contributed by atoms with Crippen LogP contribution in [0.3, 0.4) is 0 Å². The summed E-state index contributed by atoms with van der Waals surface area (Å²) in [4.78, 5) is 17.7. The van der Waals surface area contributed by atoms with Crippen LogP contribution < -0.4 is 5.32 Å². The molecule has 5 heteroatoms. The van der Waals surface area contributed by atoms with E-state index < -0.39 is 0 Å². The molecule has 0 bridgehead atoms. The fraction of sp³-hybridized carbons (Fsp3) is 0.667. The Balaban J connectivity index is 1.62. The number of nitrogens with one attached hydrogen (secondary N) is 1. The average Bonchev–Trinajstić information content (AvgIpc) is 2.66. The van der Waals surface area contributed by atoms with Gasteiger partial charge in [0.15, 0.2) is 0 Å². The molecule has 144 valence electrons. The second kappa shape index (κ2) is 9.47. The highest BCUT2D eigenvalue weighted by molar-refractivity contribution is 5.79. The van der Waals surface area contributed by atoms with Crippen molar-refractivity contribution in [2.45, 2.75) is 51.6 Å². The third kappa shape index (κ3) is 5.04. The van der Waals surface area contributed by atoms with Crippen LogP contribution in [0.2, 0.25) is 0 Å². The molecule has 0 aliphatic carbocycles. The zero-order valence-electron chi connectivity index (χ0n) is 15.9. The molecule has 3 rings (SSSR count). The third-order valence-corrected chi connectivity index (χ3v) is 5.65. The predicted molar refractivity (Wildman–Crippen MR) is 102 cm³/mol. The number of halogens is 1. The van der Waals surface area contributed by atoms with Gasteiger partial charge in [0, 0.05) is 25.7 Å².